The minimum absolute atomic E-state index is 0.0912. The van der Waals surface area contributed by atoms with Crippen molar-refractivity contribution in [2.45, 2.75) is 76.9 Å². The van der Waals surface area contributed by atoms with Crippen molar-refractivity contribution >= 4 is 11.9 Å². The second-order valence-corrected chi connectivity index (χ2v) is 8.21. The highest BCUT2D eigenvalue weighted by Crippen LogP contribution is 2.34. The Morgan fingerprint density at radius 3 is 2.68 bits per heavy atom. The SMILES string of the molecule is CC(C)(C)OC(=O)NC1CCCN(c2cc(C3CCCC3)ncn2)C1. The number of amides is 1. The lowest BCUT2D eigenvalue weighted by Gasteiger charge is -2.34. The van der Waals surface area contributed by atoms with Crippen LogP contribution in [-0.2, 0) is 4.74 Å². The molecule has 0 aromatic carbocycles. The molecule has 1 saturated heterocycles. The monoisotopic (exact) mass is 346 g/mol. The zero-order chi connectivity index (χ0) is 17.9. The van der Waals surface area contributed by atoms with E-state index in [9.17, 15) is 4.79 Å². The van der Waals surface area contributed by atoms with Gasteiger partial charge in [-0.3, -0.25) is 0 Å². The average Bonchev–Trinajstić information content (AvgIpc) is 3.08. The van der Waals surface area contributed by atoms with Crippen molar-refractivity contribution in [2.75, 3.05) is 18.0 Å². The van der Waals surface area contributed by atoms with Crippen molar-refractivity contribution in [1.29, 1.82) is 0 Å². The molecule has 1 aliphatic heterocycles. The van der Waals surface area contributed by atoms with Crippen LogP contribution in [-0.4, -0.2) is 40.8 Å². The summed E-state index contributed by atoms with van der Waals surface area (Å²) in [6.45, 7) is 7.37. The number of anilines is 1. The summed E-state index contributed by atoms with van der Waals surface area (Å²) >= 11 is 0. The van der Waals surface area contributed by atoms with Crippen molar-refractivity contribution in [1.82, 2.24) is 15.3 Å². The lowest BCUT2D eigenvalue weighted by atomic mass is 10.0. The lowest BCUT2D eigenvalue weighted by molar-refractivity contribution is 0.0500. The van der Waals surface area contributed by atoms with Crippen LogP contribution in [0.25, 0.3) is 0 Å². The maximum atomic E-state index is 12.0. The molecule has 138 valence electrons. The number of nitrogens with zero attached hydrogens (tertiary/aromatic N) is 3. The number of hydrogen-bond acceptors (Lipinski definition) is 5. The van der Waals surface area contributed by atoms with E-state index in [1.54, 1.807) is 6.33 Å². The minimum atomic E-state index is -0.471. The third kappa shape index (κ3) is 5.06. The number of aromatic nitrogens is 2. The Bertz CT molecular complexity index is 593. The maximum absolute atomic E-state index is 12.0. The van der Waals surface area contributed by atoms with E-state index >= 15 is 0 Å². The van der Waals surface area contributed by atoms with Crippen LogP contribution in [0.2, 0.25) is 0 Å². The fraction of sp³-hybridized carbons (Fsp3) is 0.737. The predicted octanol–water partition coefficient (Wildman–Crippen LogP) is 3.63. The van der Waals surface area contributed by atoms with E-state index in [0.29, 0.717) is 5.92 Å². The van der Waals surface area contributed by atoms with Gasteiger partial charge in [-0.25, -0.2) is 14.8 Å². The molecule has 1 saturated carbocycles. The molecule has 1 N–H and O–H groups in total. The van der Waals surface area contributed by atoms with Crippen molar-refractivity contribution in [3.8, 4) is 0 Å². The van der Waals surface area contributed by atoms with Crippen molar-refractivity contribution in [3.63, 3.8) is 0 Å². The summed E-state index contributed by atoms with van der Waals surface area (Å²) in [5.41, 5.74) is 0.700. The molecule has 3 rings (SSSR count). The number of alkyl carbamates (subject to hydrolysis) is 1. The standard InChI is InChI=1S/C19H30N4O2/c1-19(2,3)25-18(24)22-15-9-6-10-23(12-15)17-11-16(20-13-21-17)14-7-4-5-8-14/h11,13-15H,4-10,12H2,1-3H3,(H,22,24). The Kier molecular flexibility index (Phi) is 5.45. The van der Waals surface area contributed by atoms with Crippen LogP contribution < -0.4 is 10.2 Å². The molecule has 0 radical (unpaired) electrons. The van der Waals surface area contributed by atoms with Gasteiger partial charge in [-0.15, -0.1) is 0 Å². The zero-order valence-corrected chi connectivity index (χ0v) is 15.6. The Hall–Kier alpha value is -1.85. The molecule has 1 atom stereocenters. The molecule has 1 amide bonds. The van der Waals surface area contributed by atoms with E-state index in [1.807, 2.05) is 20.8 Å². The summed E-state index contributed by atoms with van der Waals surface area (Å²) in [7, 11) is 0. The van der Waals surface area contributed by atoms with E-state index in [4.69, 9.17) is 4.74 Å². The molecule has 1 unspecified atom stereocenters. The van der Waals surface area contributed by atoms with Crippen LogP contribution in [0, 0.1) is 0 Å². The number of carbonyl (C=O) groups is 1. The normalized spacial score (nSPS) is 22.0. The largest absolute Gasteiger partial charge is 0.444 e. The first-order valence-corrected chi connectivity index (χ1v) is 9.47. The number of nitrogens with one attached hydrogen (secondary N) is 1. The maximum Gasteiger partial charge on any atom is 0.407 e. The summed E-state index contributed by atoms with van der Waals surface area (Å²) in [6.07, 6.45) is 8.42. The number of carbonyl (C=O) groups excluding carboxylic acids is 1. The Morgan fingerprint density at radius 2 is 1.96 bits per heavy atom. The van der Waals surface area contributed by atoms with Gasteiger partial charge in [0.15, 0.2) is 0 Å². The Balaban J connectivity index is 1.61. The molecule has 0 spiro atoms. The average molecular weight is 346 g/mol. The Labute approximate surface area is 150 Å². The van der Waals surface area contributed by atoms with E-state index < -0.39 is 5.60 Å². The second kappa shape index (κ2) is 7.58. The van der Waals surface area contributed by atoms with Gasteiger partial charge in [-0.05, 0) is 46.5 Å². The number of hydrogen-bond donors (Lipinski definition) is 1. The van der Waals surface area contributed by atoms with Gasteiger partial charge < -0.3 is 15.0 Å². The summed E-state index contributed by atoms with van der Waals surface area (Å²) < 4.78 is 5.37. The number of piperidine rings is 1. The van der Waals surface area contributed by atoms with E-state index in [2.05, 4.69) is 26.3 Å². The molecule has 1 aromatic rings. The van der Waals surface area contributed by atoms with Gasteiger partial charge in [-0.2, -0.15) is 0 Å². The molecule has 6 nitrogen and oxygen atoms in total. The second-order valence-electron chi connectivity index (χ2n) is 8.21. The summed E-state index contributed by atoms with van der Waals surface area (Å²) in [6, 6.07) is 2.24. The highest BCUT2D eigenvalue weighted by atomic mass is 16.6. The highest BCUT2D eigenvalue weighted by Gasteiger charge is 2.26. The van der Waals surface area contributed by atoms with Crippen LogP contribution in [0.1, 0.15) is 70.9 Å². The van der Waals surface area contributed by atoms with Crippen LogP contribution in [0.5, 0.6) is 0 Å². The molecular weight excluding hydrogens is 316 g/mol. The van der Waals surface area contributed by atoms with Gasteiger partial charge in [-0.1, -0.05) is 12.8 Å². The third-order valence-corrected chi connectivity index (χ3v) is 4.91. The van der Waals surface area contributed by atoms with E-state index in [1.165, 1.54) is 31.4 Å². The minimum Gasteiger partial charge on any atom is -0.444 e. The first kappa shape index (κ1) is 18.0. The first-order chi connectivity index (χ1) is 11.9. The third-order valence-electron chi connectivity index (χ3n) is 4.91. The van der Waals surface area contributed by atoms with E-state index in [-0.39, 0.29) is 12.1 Å². The molecule has 25 heavy (non-hydrogen) atoms. The number of ether oxygens (including phenoxy) is 1. The fourth-order valence-corrected chi connectivity index (χ4v) is 3.76. The summed E-state index contributed by atoms with van der Waals surface area (Å²) in [5, 5.41) is 3.00. The molecule has 6 heteroatoms. The van der Waals surface area contributed by atoms with Gasteiger partial charge in [0.05, 0.1) is 0 Å². The molecule has 1 aliphatic carbocycles. The van der Waals surface area contributed by atoms with Crippen LogP contribution in [0.15, 0.2) is 12.4 Å². The fourth-order valence-electron chi connectivity index (χ4n) is 3.76. The molecule has 0 bridgehead atoms. The molecular formula is C19H30N4O2. The topological polar surface area (TPSA) is 67.3 Å². The van der Waals surface area contributed by atoms with Gasteiger partial charge in [0.25, 0.3) is 0 Å². The molecule has 2 heterocycles. The van der Waals surface area contributed by atoms with Crippen LogP contribution in [0.3, 0.4) is 0 Å². The zero-order valence-electron chi connectivity index (χ0n) is 15.6. The Morgan fingerprint density at radius 1 is 1.20 bits per heavy atom. The van der Waals surface area contributed by atoms with Gasteiger partial charge in [0, 0.05) is 36.8 Å². The van der Waals surface area contributed by atoms with Crippen LogP contribution in [0.4, 0.5) is 10.6 Å². The molecule has 2 aliphatic rings. The molecule has 2 fully saturated rings. The number of rotatable bonds is 3. The van der Waals surface area contributed by atoms with Gasteiger partial charge >= 0.3 is 6.09 Å². The van der Waals surface area contributed by atoms with Gasteiger partial charge in [0.2, 0.25) is 0 Å². The van der Waals surface area contributed by atoms with Gasteiger partial charge in [0.1, 0.15) is 17.7 Å². The summed E-state index contributed by atoms with van der Waals surface area (Å²) in [4.78, 5) is 23.3. The lowest BCUT2D eigenvalue weighted by Crippen LogP contribution is -2.49. The quantitative estimate of drug-likeness (QED) is 0.905. The van der Waals surface area contributed by atoms with Crippen LogP contribution >= 0.6 is 0 Å². The van der Waals surface area contributed by atoms with Crippen molar-refractivity contribution < 1.29 is 9.53 Å². The van der Waals surface area contributed by atoms with E-state index in [0.717, 1.165) is 31.7 Å². The van der Waals surface area contributed by atoms with Crippen molar-refractivity contribution in [2.24, 2.45) is 0 Å². The van der Waals surface area contributed by atoms with Crippen molar-refractivity contribution in [3.05, 3.63) is 18.1 Å². The predicted molar refractivity (Wildman–Crippen MR) is 97.8 cm³/mol. The summed E-state index contributed by atoms with van der Waals surface area (Å²) in [5.74, 6) is 1.56. The highest BCUT2D eigenvalue weighted by molar-refractivity contribution is 5.68. The molecule has 1 aromatic heterocycles. The smallest absolute Gasteiger partial charge is 0.407 e. The first-order valence-electron chi connectivity index (χ1n) is 9.47.